The molecule has 1 aliphatic rings. The minimum Gasteiger partial charge on any atom is -0.485 e. The number of nitrogens with zero attached hydrogens (tertiary/aromatic N) is 1. The molecule has 3 rings (SSSR count). The summed E-state index contributed by atoms with van der Waals surface area (Å²) in [5.74, 6) is 0.854. The van der Waals surface area contributed by atoms with Crippen LogP contribution in [0.15, 0.2) is 48.5 Å². The number of ether oxygens (including phenoxy) is 1. The van der Waals surface area contributed by atoms with Crippen molar-refractivity contribution < 1.29 is 14.7 Å². The predicted octanol–water partition coefficient (Wildman–Crippen LogP) is 3.02. The number of urea groups is 1. The summed E-state index contributed by atoms with van der Waals surface area (Å²) in [6, 6.07) is 15.0. The predicted molar refractivity (Wildman–Crippen MR) is 81.5 cm³/mol. The smallest absolute Gasteiger partial charge is 0.338 e. The molecule has 0 fully saturated rings. The highest BCUT2D eigenvalue weighted by Gasteiger charge is 2.21. The van der Waals surface area contributed by atoms with E-state index in [2.05, 4.69) is 12.1 Å². The standard InChI is InChI=1S/C17H18N2O3/c18-17(20)19(21)11-12-6-8-16-14(10-12)7-9-15(22-16)13-4-2-1-3-5-13/h1-6,8,10,15,21H,7,9,11H2,(H2,18,20). The molecule has 22 heavy (non-hydrogen) atoms. The summed E-state index contributed by atoms with van der Waals surface area (Å²) in [6.45, 7) is 0.0741. The number of aryl methyl sites for hydroxylation is 1. The van der Waals surface area contributed by atoms with Gasteiger partial charge in [-0.3, -0.25) is 5.21 Å². The molecule has 1 aliphatic heterocycles. The third kappa shape index (κ3) is 3.04. The van der Waals surface area contributed by atoms with Gasteiger partial charge >= 0.3 is 6.03 Å². The molecule has 0 spiro atoms. The number of carbonyl (C=O) groups is 1. The van der Waals surface area contributed by atoms with Crippen molar-refractivity contribution in [2.45, 2.75) is 25.5 Å². The van der Waals surface area contributed by atoms with Crippen molar-refractivity contribution in [1.29, 1.82) is 0 Å². The van der Waals surface area contributed by atoms with E-state index in [1.54, 1.807) is 0 Å². The van der Waals surface area contributed by atoms with E-state index in [9.17, 15) is 10.0 Å². The van der Waals surface area contributed by atoms with Gasteiger partial charge in [0, 0.05) is 0 Å². The van der Waals surface area contributed by atoms with E-state index in [1.807, 2.05) is 36.4 Å². The molecule has 5 heteroatoms. The maximum absolute atomic E-state index is 10.9. The SMILES string of the molecule is NC(=O)N(O)Cc1ccc2c(c1)CCC(c1ccccc1)O2. The fourth-order valence-corrected chi connectivity index (χ4v) is 2.69. The van der Waals surface area contributed by atoms with E-state index < -0.39 is 6.03 Å². The third-order valence-electron chi connectivity index (χ3n) is 3.83. The van der Waals surface area contributed by atoms with Gasteiger partial charge in [-0.1, -0.05) is 42.5 Å². The van der Waals surface area contributed by atoms with Gasteiger partial charge in [0.1, 0.15) is 11.9 Å². The fourth-order valence-electron chi connectivity index (χ4n) is 2.69. The van der Waals surface area contributed by atoms with Crippen LogP contribution in [0.2, 0.25) is 0 Å². The van der Waals surface area contributed by atoms with Gasteiger partial charge in [0.2, 0.25) is 0 Å². The Balaban J connectivity index is 1.75. The lowest BCUT2D eigenvalue weighted by molar-refractivity contribution is -0.0470. The zero-order chi connectivity index (χ0) is 15.5. The van der Waals surface area contributed by atoms with Crippen LogP contribution in [-0.4, -0.2) is 16.3 Å². The number of rotatable bonds is 3. The highest BCUT2D eigenvalue weighted by molar-refractivity contribution is 5.70. The first-order valence-corrected chi connectivity index (χ1v) is 7.23. The Bertz CT molecular complexity index is 673. The van der Waals surface area contributed by atoms with Crippen LogP contribution in [0.5, 0.6) is 5.75 Å². The van der Waals surface area contributed by atoms with E-state index in [0.717, 1.165) is 29.7 Å². The molecule has 1 unspecified atom stereocenters. The van der Waals surface area contributed by atoms with E-state index in [1.165, 1.54) is 5.56 Å². The Morgan fingerprint density at radius 3 is 2.77 bits per heavy atom. The number of amides is 2. The van der Waals surface area contributed by atoms with Gasteiger partial charge < -0.3 is 10.5 Å². The molecule has 0 saturated heterocycles. The number of hydroxylamine groups is 2. The number of primary amides is 1. The molecule has 2 amide bonds. The van der Waals surface area contributed by atoms with Gasteiger partial charge in [-0.2, -0.15) is 0 Å². The molecule has 0 aliphatic carbocycles. The zero-order valence-electron chi connectivity index (χ0n) is 12.1. The van der Waals surface area contributed by atoms with Gasteiger partial charge in [-0.15, -0.1) is 0 Å². The van der Waals surface area contributed by atoms with Gasteiger partial charge in [0.15, 0.2) is 0 Å². The second-order valence-corrected chi connectivity index (χ2v) is 5.39. The molecule has 0 radical (unpaired) electrons. The summed E-state index contributed by atoms with van der Waals surface area (Å²) < 4.78 is 6.06. The Kier molecular flexibility index (Phi) is 3.98. The molecule has 114 valence electrons. The molecule has 2 aromatic rings. The maximum Gasteiger partial charge on any atom is 0.338 e. The van der Waals surface area contributed by atoms with Crippen LogP contribution in [0.4, 0.5) is 4.79 Å². The number of benzene rings is 2. The van der Waals surface area contributed by atoms with E-state index in [4.69, 9.17) is 10.5 Å². The minimum atomic E-state index is -0.863. The number of fused-ring (bicyclic) bond motifs is 1. The third-order valence-corrected chi connectivity index (χ3v) is 3.83. The first-order valence-electron chi connectivity index (χ1n) is 7.23. The van der Waals surface area contributed by atoms with E-state index >= 15 is 0 Å². The lowest BCUT2D eigenvalue weighted by atomic mass is 9.96. The zero-order valence-corrected chi connectivity index (χ0v) is 12.1. The van der Waals surface area contributed by atoms with Gasteiger partial charge in [-0.05, 0) is 35.6 Å². The molecule has 1 heterocycles. The first kappa shape index (κ1) is 14.4. The monoisotopic (exact) mass is 298 g/mol. The molecular weight excluding hydrogens is 280 g/mol. The van der Waals surface area contributed by atoms with E-state index in [-0.39, 0.29) is 12.6 Å². The summed E-state index contributed by atoms with van der Waals surface area (Å²) >= 11 is 0. The van der Waals surface area contributed by atoms with Crippen LogP contribution in [0, 0.1) is 0 Å². The van der Waals surface area contributed by atoms with Crippen molar-refractivity contribution in [2.75, 3.05) is 0 Å². The number of hydrogen-bond acceptors (Lipinski definition) is 3. The van der Waals surface area contributed by atoms with Crippen molar-refractivity contribution >= 4 is 6.03 Å². The van der Waals surface area contributed by atoms with Crippen molar-refractivity contribution in [3.8, 4) is 5.75 Å². The van der Waals surface area contributed by atoms with Crippen LogP contribution in [-0.2, 0) is 13.0 Å². The molecule has 0 bridgehead atoms. The number of nitrogens with two attached hydrogens (primary N) is 1. The van der Waals surface area contributed by atoms with Crippen molar-refractivity contribution in [3.05, 3.63) is 65.2 Å². The van der Waals surface area contributed by atoms with Crippen LogP contribution < -0.4 is 10.5 Å². The molecule has 3 N–H and O–H groups in total. The molecule has 0 aromatic heterocycles. The number of carbonyl (C=O) groups excluding carboxylic acids is 1. The molecular formula is C17H18N2O3. The number of hydrogen-bond donors (Lipinski definition) is 2. The van der Waals surface area contributed by atoms with E-state index in [0.29, 0.717) is 5.06 Å². The Morgan fingerprint density at radius 2 is 2.05 bits per heavy atom. The van der Waals surface area contributed by atoms with Crippen molar-refractivity contribution in [1.82, 2.24) is 5.06 Å². The summed E-state index contributed by atoms with van der Waals surface area (Å²) in [5.41, 5.74) is 8.10. The Labute approximate surface area is 128 Å². The van der Waals surface area contributed by atoms with Gasteiger partial charge in [-0.25, -0.2) is 9.86 Å². The Morgan fingerprint density at radius 1 is 1.27 bits per heavy atom. The topological polar surface area (TPSA) is 75.8 Å². The second-order valence-electron chi connectivity index (χ2n) is 5.39. The quantitative estimate of drug-likeness (QED) is 0.675. The highest BCUT2D eigenvalue weighted by Crippen LogP contribution is 2.35. The minimum absolute atomic E-state index is 0.0690. The summed E-state index contributed by atoms with van der Waals surface area (Å²) in [4.78, 5) is 10.9. The Hall–Kier alpha value is -2.53. The summed E-state index contributed by atoms with van der Waals surface area (Å²) in [7, 11) is 0. The first-order chi connectivity index (χ1) is 10.6. The molecule has 1 atom stereocenters. The van der Waals surface area contributed by atoms with Crippen LogP contribution in [0.1, 0.15) is 29.2 Å². The van der Waals surface area contributed by atoms with Crippen LogP contribution >= 0.6 is 0 Å². The average molecular weight is 298 g/mol. The van der Waals surface area contributed by atoms with Crippen LogP contribution in [0.3, 0.4) is 0 Å². The maximum atomic E-state index is 10.9. The average Bonchev–Trinajstić information content (AvgIpc) is 2.55. The molecule has 5 nitrogen and oxygen atoms in total. The molecule has 0 saturated carbocycles. The highest BCUT2D eigenvalue weighted by atomic mass is 16.5. The van der Waals surface area contributed by atoms with Gasteiger partial charge in [0.05, 0.1) is 6.54 Å². The van der Waals surface area contributed by atoms with Gasteiger partial charge in [0.25, 0.3) is 0 Å². The largest absolute Gasteiger partial charge is 0.485 e. The normalized spacial score (nSPS) is 16.5. The van der Waals surface area contributed by atoms with Crippen LogP contribution in [0.25, 0.3) is 0 Å². The second kappa shape index (κ2) is 6.07. The lowest BCUT2D eigenvalue weighted by Crippen LogP contribution is -2.32. The van der Waals surface area contributed by atoms with Crippen molar-refractivity contribution in [3.63, 3.8) is 0 Å². The van der Waals surface area contributed by atoms with Crippen molar-refractivity contribution in [2.24, 2.45) is 5.73 Å². The molecule has 2 aromatic carbocycles. The lowest BCUT2D eigenvalue weighted by Gasteiger charge is -2.27. The fraction of sp³-hybridized carbons (Fsp3) is 0.235. The summed E-state index contributed by atoms with van der Waals surface area (Å²) in [6.07, 6.45) is 1.86. The summed E-state index contributed by atoms with van der Waals surface area (Å²) in [5, 5.41) is 9.90.